The average Bonchev–Trinajstić information content (AvgIpc) is 3.82. The predicted octanol–water partition coefficient (Wildman–Crippen LogP) is 0.979. The minimum atomic E-state index is -5.76. The molecule has 1 aliphatic heterocycles. The van der Waals surface area contributed by atoms with Crippen molar-refractivity contribution < 1.29 is 105 Å². The van der Waals surface area contributed by atoms with Crippen LogP contribution in [0.15, 0.2) is 12.5 Å². The number of phosphoric acid groups is 3. The summed E-state index contributed by atoms with van der Waals surface area (Å²) < 4.78 is 53.9. The number of aliphatic hydroxyl groups excluding tert-OH is 1. The van der Waals surface area contributed by atoms with E-state index in [-0.39, 0.29) is 61.6 Å². The number of aliphatic hydroxyl groups is 1. The fourth-order valence-corrected chi connectivity index (χ4v) is 11.8. The van der Waals surface area contributed by atoms with Crippen LogP contribution < -0.4 is 21.7 Å². The molecule has 2 aromatic rings. The molecule has 1 aliphatic rings. The molecule has 13 N–H and O–H groups in total. The van der Waals surface area contributed by atoms with E-state index in [9.17, 15) is 62.2 Å². The number of phosphoric ester groups is 1. The SMILES string of the molecule is CNC(CSSCCC(=O)CCC#Cc1cn([C@H]2CC(O)[C@@H](COP(=O)(O)OP(=O)(O)OP(=O)(O)O)O2)c2ncnc(N)c12)C(=O)CCCCCCC(=O)NC(CC(=O)O)C(=O)NC(CC(=O)O)C(=O)O. The maximum absolute atomic E-state index is 12.8. The van der Waals surface area contributed by atoms with Crippen LogP contribution in [0.4, 0.5) is 5.82 Å². The number of amides is 2. The van der Waals surface area contributed by atoms with Gasteiger partial charge in [0.25, 0.3) is 0 Å². The molecule has 6 unspecified atom stereocenters. The number of carbonyl (C=O) groups excluding carboxylic acids is 4. The lowest BCUT2D eigenvalue weighted by Crippen LogP contribution is -2.52. The van der Waals surface area contributed by atoms with Crippen molar-refractivity contribution in [3.8, 4) is 11.8 Å². The summed E-state index contributed by atoms with van der Waals surface area (Å²) in [5.74, 6) is 0.308. The van der Waals surface area contributed by atoms with Crippen LogP contribution in [-0.2, 0) is 65.1 Å². The molecule has 0 spiro atoms. The van der Waals surface area contributed by atoms with Gasteiger partial charge in [-0.05, 0) is 19.9 Å². The Morgan fingerprint density at radius 2 is 1.54 bits per heavy atom. The molecule has 29 nitrogen and oxygen atoms in total. The molecule has 0 radical (unpaired) electrons. The Morgan fingerprint density at radius 3 is 2.17 bits per heavy atom. The van der Waals surface area contributed by atoms with Crippen molar-refractivity contribution in [3.63, 3.8) is 0 Å². The van der Waals surface area contributed by atoms with Crippen LogP contribution in [0.5, 0.6) is 0 Å². The number of aromatic nitrogens is 3. The first-order chi connectivity index (χ1) is 33.2. The van der Waals surface area contributed by atoms with Crippen LogP contribution in [0.2, 0.25) is 0 Å². The third-order valence-electron chi connectivity index (χ3n) is 9.84. The lowest BCUT2D eigenvalue weighted by Gasteiger charge is -2.19. The molecule has 1 saturated heterocycles. The minimum Gasteiger partial charge on any atom is -0.481 e. The number of nitrogens with two attached hydrogens (primary N) is 1. The Labute approximate surface area is 412 Å². The summed E-state index contributed by atoms with van der Waals surface area (Å²) in [5.41, 5.74) is 6.73. The van der Waals surface area contributed by atoms with Crippen molar-refractivity contribution in [3.05, 3.63) is 18.1 Å². The first-order valence-electron chi connectivity index (χ1n) is 21.1. The smallest absolute Gasteiger partial charge is 0.481 e. The Bertz CT molecular complexity index is 2450. The second-order valence-corrected chi connectivity index (χ2v) is 22.4. The number of ether oxygens (including phenoxy) is 1. The van der Waals surface area contributed by atoms with Gasteiger partial charge in [0.2, 0.25) is 11.8 Å². The van der Waals surface area contributed by atoms with E-state index in [1.165, 1.54) is 38.7 Å². The van der Waals surface area contributed by atoms with Crippen LogP contribution in [0, 0.1) is 11.8 Å². The molecule has 1 fully saturated rings. The Morgan fingerprint density at radius 1 is 0.873 bits per heavy atom. The van der Waals surface area contributed by atoms with Gasteiger partial charge in [0, 0.05) is 56.2 Å². The number of carboxylic acid groups (broad SMARTS) is 3. The molecular formula is C37H54N7O22P3S2. The zero-order valence-corrected chi connectivity index (χ0v) is 41.9. The number of hydrogen-bond acceptors (Lipinski definition) is 21. The van der Waals surface area contributed by atoms with Gasteiger partial charge in [0.05, 0.1) is 42.5 Å². The molecule has 0 saturated carbocycles. The van der Waals surface area contributed by atoms with E-state index >= 15 is 0 Å². The van der Waals surface area contributed by atoms with Crippen LogP contribution in [0.1, 0.15) is 88.8 Å². The summed E-state index contributed by atoms with van der Waals surface area (Å²) in [4.78, 5) is 129. The number of fused-ring (bicyclic) bond motifs is 1. The molecule has 0 aliphatic carbocycles. The average molecular weight is 1110 g/mol. The Hall–Kier alpha value is -4.34. The van der Waals surface area contributed by atoms with E-state index in [2.05, 4.69) is 45.6 Å². The maximum Gasteiger partial charge on any atom is 0.490 e. The van der Waals surface area contributed by atoms with Gasteiger partial charge in [-0.15, -0.1) is 0 Å². The van der Waals surface area contributed by atoms with Crippen molar-refractivity contribution in [2.24, 2.45) is 0 Å². The molecule has 0 bridgehead atoms. The molecule has 3 heterocycles. The third-order valence-corrected chi connectivity index (χ3v) is 16.1. The fourth-order valence-electron chi connectivity index (χ4n) is 6.49. The van der Waals surface area contributed by atoms with Crippen LogP contribution in [-0.4, -0.2) is 151 Å². The largest absolute Gasteiger partial charge is 0.490 e. The highest BCUT2D eigenvalue weighted by Crippen LogP contribution is 2.66. The van der Waals surface area contributed by atoms with E-state index < -0.39 is 109 Å². The Balaban J connectivity index is 1.38. The minimum absolute atomic E-state index is 0.0280. The van der Waals surface area contributed by atoms with E-state index in [0.717, 1.165) is 0 Å². The van der Waals surface area contributed by atoms with Crippen LogP contribution in [0.3, 0.4) is 0 Å². The molecule has 2 amide bonds. The van der Waals surface area contributed by atoms with Crippen molar-refractivity contribution >= 4 is 103 Å². The molecule has 0 aromatic carbocycles. The molecule has 8 atom stereocenters. The zero-order valence-electron chi connectivity index (χ0n) is 37.6. The van der Waals surface area contributed by atoms with Crippen molar-refractivity contribution in [2.75, 3.05) is 30.9 Å². The summed E-state index contributed by atoms with van der Waals surface area (Å²) >= 11 is 0. The number of anilines is 1. The highest BCUT2D eigenvalue weighted by atomic mass is 33.1. The lowest BCUT2D eigenvalue weighted by molar-refractivity contribution is -0.148. The Kier molecular flexibility index (Phi) is 24.7. The van der Waals surface area contributed by atoms with Gasteiger partial charge in [-0.2, -0.15) is 8.62 Å². The molecule has 2 aromatic heterocycles. The van der Waals surface area contributed by atoms with Gasteiger partial charge < -0.3 is 71.0 Å². The fraction of sp³-hybridized carbons (Fsp3) is 0.595. The van der Waals surface area contributed by atoms with Crippen molar-refractivity contribution in [1.29, 1.82) is 0 Å². The number of hydrogen-bond donors (Lipinski definition) is 12. The summed E-state index contributed by atoms with van der Waals surface area (Å²) in [6.45, 7) is -0.886. The number of nitrogens with one attached hydrogen (secondary N) is 3. The monoisotopic (exact) mass is 1110 g/mol. The predicted molar refractivity (Wildman–Crippen MR) is 249 cm³/mol. The summed E-state index contributed by atoms with van der Waals surface area (Å²) in [6, 6.07) is -3.91. The van der Waals surface area contributed by atoms with Crippen LogP contribution in [0.25, 0.3) is 11.0 Å². The number of likely N-dealkylation sites (N-methyl/N-ethyl adjacent to an activating group) is 1. The van der Waals surface area contributed by atoms with E-state index in [1.54, 1.807) is 7.05 Å². The maximum atomic E-state index is 12.8. The first-order valence-corrected chi connectivity index (χ1v) is 28.2. The van der Waals surface area contributed by atoms with Gasteiger partial charge in [0.15, 0.2) is 5.78 Å². The number of unbranched alkanes of at least 4 members (excludes halogenated alkanes) is 3. The van der Waals surface area contributed by atoms with E-state index in [0.29, 0.717) is 48.1 Å². The summed E-state index contributed by atoms with van der Waals surface area (Å²) in [7, 11) is -12.4. The molecular weight excluding hydrogens is 1050 g/mol. The number of ketones is 2. The number of nitrogen functional groups attached to an aromatic ring is 1. The lowest BCUT2D eigenvalue weighted by atomic mass is 10.0. The highest BCUT2D eigenvalue weighted by Gasteiger charge is 2.43. The second kappa shape index (κ2) is 28.8. The summed E-state index contributed by atoms with van der Waals surface area (Å²) in [5, 5.41) is 45.2. The third kappa shape index (κ3) is 22.1. The number of aliphatic carboxylic acids is 3. The van der Waals surface area contributed by atoms with E-state index in [4.69, 9.17) is 35.6 Å². The number of nitrogens with zero attached hydrogens (tertiary/aromatic N) is 3. The van der Waals surface area contributed by atoms with Gasteiger partial charge in [-0.1, -0.05) is 46.3 Å². The molecule has 3 rings (SSSR count). The number of carbonyl (C=O) groups is 7. The number of Topliss-reactive ketones (excluding diaryl/α,β-unsaturated/α-hetero) is 2. The van der Waals surface area contributed by atoms with E-state index in [1.807, 2.05) is 5.32 Å². The van der Waals surface area contributed by atoms with Crippen molar-refractivity contribution in [2.45, 2.75) is 114 Å². The number of carboxylic acids is 3. The standard InChI is InChI=1S/C37H54N7O22P3S2/c1-39-25(26(46)10-4-2-3-5-11-29(48)42-23(14-31(49)50)36(53)43-24(37(54)55)15-32(51)52)19-71-70-13-12-22(45)9-7-6-8-21-17-44(35-33(21)34(38)40-20-41-35)30-16-27(47)28(64-30)18-63-68(59,60)66-69(61,62)65-67(56,57)58/h17,20,23-25,27-28,30,39,47H,2-5,7,9-16,18-19H2,1H3,(H,42,48)(H,43,53)(H,49,50)(H,51,52)(H,54,55)(H,59,60)(H,61,62)(H2,38,40,41)(H2,56,57,58)/t23?,24?,25?,27?,28-,30-/m1/s1. The highest BCUT2D eigenvalue weighted by molar-refractivity contribution is 8.76. The van der Waals surface area contributed by atoms with Gasteiger partial charge in [-0.25, -0.2) is 28.5 Å². The van der Waals surface area contributed by atoms with Crippen LogP contribution >= 0.6 is 45.1 Å². The second-order valence-electron chi connectivity index (χ2n) is 15.4. The topological polar surface area (TPSA) is 462 Å². The first kappa shape index (κ1) is 61.0. The zero-order chi connectivity index (χ0) is 53.1. The van der Waals surface area contributed by atoms with Crippen molar-refractivity contribution in [1.82, 2.24) is 30.5 Å². The number of rotatable bonds is 33. The van der Waals surface area contributed by atoms with Gasteiger partial charge in [0.1, 0.15) is 48.0 Å². The van der Waals surface area contributed by atoms with Gasteiger partial charge in [-0.3, -0.25) is 33.3 Å². The molecule has 396 valence electrons. The molecule has 34 heteroatoms. The quantitative estimate of drug-likeness (QED) is 0.0205. The van der Waals surface area contributed by atoms with Gasteiger partial charge >= 0.3 is 41.4 Å². The molecule has 71 heavy (non-hydrogen) atoms. The normalized spacial score (nSPS) is 18.8. The summed E-state index contributed by atoms with van der Waals surface area (Å²) in [6.07, 6.45) is -0.143.